The summed E-state index contributed by atoms with van der Waals surface area (Å²) in [5.41, 5.74) is 14.5. The highest BCUT2D eigenvalue weighted by atomic mass is 15.2. The molecule has 3 aromatic heterocycles. The molecule has 0 amide bonds. The number of nitrogens with zero attached hydrogens (tertiary/aromatic N) is 5. The van der Waals surface area contributed by atoms with Crippen molar-refractivity contribution >= 4 is 43.6 Å². The molecule has 5 heteroatoms. The lowest BCUT2D eigenvalue weighted by atomic mass is 9.81. The van der Waals surface area contributed by atoms with E-state index >= 15 is 0 Å². The largest absolute Gasteiger partial charge is 0.309 e. The Kier molecular flexibility index (Phi) is 7.20. The second-order valence-corrected chi connectivity index (χ2v) is 16.1. The average molecular weight is 756 g/mol. The first-order chi connectivity index (χ1) is 29.0. The monoisotopic (exact) mass is 755 g/mol. The average Bonchev–Trinajstić information content (AvgIpc) is 3.89. The number of hydrogen-bond donors (Lipinski definition) is 0. The van der Waals surface area contributed by atoms with Gasteiger partial charge in [0.1, 0.15) is 0 Å². The van der Waals surface area contributed by atoms with Gasteiger partial charge in [-0.25, -0.2) is 4.98 Å². The molecular weight excluding hydrogens is 719 g/mol. The van der Waals surface area contributed by atoms with Crippen molar-refractivity contribution in [2.75, 3.05) is 0 Å². The molecule has 8 aromatic carbocycles. The summed E-state index contributed by atoms with van der Waals surface area (Å²) in [6.07, 6.45) is 0. The van der Waals surface area contributed by atoms with Crippen LogP contribution >= 0.6 is 0 Å². The minimum absolute atomic E-state index is 0.254. The topological polar surface area (TPSA) is 48.5 Å². The van der Waals surface area contributed by atoms with Gasteiger partial charge in [-0.3, -0.25) is 4.57 Å². The lowest BCUT2D eigenvalue weighted by Crippen LogP contribution is -2.17. The maximum atomic E-state index is 5.47. The van der Waals surface area contributed by atoms with Crippen LogP contribution in [0.25, 0.3) is 100 Å². The summed E-state index contributed by atoms with van der Waals surface area (Å²) in [6.45, 7) is 4.69. The van der Waals surface area contributed by atoms with Gasteiger partial charge in [0.2, 0.25) is 5.95 Å². The van der Waals surface area contributed by atoms with Crippen molar-refractivity contribution in [3.63, 3.8) is 0 Å². The molecule has 0 fully saturated rings. The number of rotatable bonds is 5. The van der Waals surface area contributed by atoms with Gasteiger partial charge in [-0.05, 0) is 69.8 Å². The van der Waals surface area contributed by atoms with Crippen LogP contribution in [0.3, 0.4) is 0 Å². The summed E-state index contributed by atoms with van der Waals surface area (Å²) in [5.74, 6) is 1.82. The number of para-hydroxylation sites is 3. The standard InChI is InChI=1S/C54H37N5/c1-54(2)45-25-12-9-22-39(45)43-30-31-44-41-24-11-14-27-47(41)59(50(44)49(43)54)53-56-51(36-19-15-18-35(32-36)34-16-5-3-6-17-34)55-52(57-53)37-28-29-42-40-23-10-13-26-46(40)58(48(42)33-37)38-20-7-4-8-21-38/h3-33H,1-2H3. The highest BCUT2D eigenvalue weighted by Gasteiger charge is 2.38. The fourth-order valence-electron chi connectivity index (χ4n) is 9.68. The Morgan fingerprint density at radius 3 is 1.75 bits per heavy atom. The summed E-state index contributed by atoms with van der Waals surface area (Å²) in [5, 5.41) is 4.73. The van der Waals surface area contributed by atoms with Crippen LogP contribution in [0.2, 0.25) is 0 Å². The van der Waals surface area contributed by atoms with E-state index in [1.807, 2.05) is 6.07 Å². The highest BCUT2D eigenvalue weighted by molar-refractivity contribution is 6.13. The van der Waals surface area contributed by atoms with Gasteiger partial charge in [0.05, 0.1) is 22.1 Å². The van der Waals surface area contributed by atoms with Crippen LogP contribution in [0.15, 0.2) is 188 Å². The van der Waals surface area contributed by atoms with E-state index in [2.05, 4.69) is 205 Å². The Balaban J connectivity index is 1.16. The van der Waals surface area contributed by atoms with Crippen LogP contribution in [0.4, 0.5) is 0 Å². The molecule has 0 bridgehead atoms. The van der Waals surface area contributed by atoms with Crippen molar-refractivity contribution < 1.29 is 0 Å². The number of benzene rings is 8. The lowest BCUT2D eigenvalue weighted by Gasteiger charge is -2.23. The molecule has 0 saturated heterocycles. The fraction of sp³-hybridized carbons (Fsp3) is 0.0556. The molecule has 0 unspecified atom stereocenters. The number of fused-ring (bicyclic) bond motifs is 10. The molecule has 0 radical (unpaired) electrons. The van der Waals surface area contributed by atoms with Gasteiger partial charge in [0, 0.05) is 43.8 Å². The van der Waals surface area contributed by atoms with Crippen LogP contribution in [-0.4, -0.2) is 24.1 Å². The van der Waals surface area contributed by atoms with E-state index in [0.717, 1.165) is 50.0 Å². The second kappa shape index (κ2) is 12.7. The summed E-state index contributed by atoms with van der Waals surface area (Å²) < 4.78 is 4.64. The Morgan fingerprint density at radius 2 is 0.966 bits per heavy atom. The smallest absolute Gasteiger partial charge is 0.238 e. The summed E-state index contributed by atoms with van der Waals surface area (Å²) in [4.78, 5) is 16.2. The van der Waals surface area contributed by atoms with Crippen molar-refractivity contribution in [3.05, 3.63) is 199 Å². The van der Waals surface area contributed by atoms with Crippen molar-refractivity contribution in [1.82, 2.24) is 24.1 Å². The molecule has 59 heavy (non-hydrogen) atoms. The second-order valence-electron chi connectivity index (χ2n) is 16.1. The van der Waals surface area contributed by atoms with Crippen molar-refractivity contribution in [2.24, 2.45) is 0 Å². The minimum atomic E-state index is -0.254. The molecule has 3 heterocycles. The van der Waals surface area contributed by atoms with Gasteiger partial charge in [0.15, 0.2) is 11.6 Å². The Morgan fingerprint density at radius 1 is 0.390 bits per heavy atom. The molecule has 11 aromatic rings. The molecule has 0 aliphatic heterocycles. The van der Waals surface area contributed by atoms with Gasteiger partial charge in [-0.15, -0.1) is 0 Å². The summed E-state index contributed by atoms with van der Waals surface area (Å²) >= 11 is 0. The van der Waals surface area contributed by atoms with Gasteiger partial charge in [0.25, 0.3) is 0 Å². The fourth-order valence-corrected chi connectivity index (χ4v) is 9.68. The highest BCUT2D eigenvalue weighted by Crippen LogP contribution is 2.53. The maximum Gasteiger partial charge on any atom is 0.238 e. The predicted molar refractivity (Wildman–Crippen MR) is 242 cm³/mol. The van der Waals surface area contributed by atoms with E-state index < -0.39 is 0 Å². The van der Waals surface area contributed by atoms with Gasteiger partial charge in [-0.2, -0.15) is 9.97 Å². The van der Waals surface area contributed by atoms with E-state index in [9.17, 15) is 0 Å². The SMILES string of the molecule is CC1(C)c2ccccc2-c2ccc3c4ccccc4n(-c4nc(-c5cccc(-c6ccccc6)c5)nc(-c5ccc6c7ccccc7n(-c7ccccc7)c6c5)n4)c3c21. The van der Waals surface area contributed by atoms with E-state index in [1.165, 1.54) is 43.8 Å². The molecular formula is C54H37N5. The molecule has 0 atom stereocenters. The Bertz CT molecular complexity index is 3470. The zero-order valence-electron chi connectivity index (χ0n) is 32.6. The third-order valence-corrected chi connectivity index (χ3v) is 12.4. The number of hydrogen-bond acceptors (Lipinski definition) is 3. The molecule has 0 N–H and O–H groups in total. The third kappa shape index (κ3) is 5.01. The van der Waals surface area contributed by atoms with Gasteiger partial charge >= 0.3 is 0 Å². The molecule has 0 spiro atoms. The molecule has 1 aliphatic carbocycles. The zero-order valence-corrected chi connectivity index (χ0v) is 32.6. The molecule has 1 aliphatic rings. The molecule has 0 saturated carbocycles. The van der Waals surface area contributed by atoms with Crippen LogP contribution in [-0.2, 0) is 5.41 Å². The summed E-state index contributed by atoms with van der Waals surface area (Å²) in [6, 6.07) is 66.9. The first-order valence-corrected chi connectivity index (χ1v) is 20.2. The molecule has 5 nitrogen and oxygen atoms in total. The van der Waals surface area contributed by atoms with Gasteiger partial charge < -0.3 is 4.57 Å². The van der Waals surface area contributed by atoms with Gasteiger partial charge in [-0.1, -0.05) is 166 Å². The molecule has 278 valence electrons. The normalized spacial score (nSPS) is 13.1. The Hall–Kier alpha value is -7.63. The first kappa shape index (κ1) is 33.5. The summed E-state index contributed by atoms with van der Waals surface area (Å²) in [7, 11) is 0. The maximum absolute atomic E-state index is 5.47. The number of aromatic nitrogens is 5. The third-order valence-electron chi connectivity index (χ3n) is 12.4. The molecule has 12 rings (SSSR count). The van der Waals surface area contributed by atoms with E-state index in [1.54, 1.807) is 0 Å². The van der Waals surface area contributed by atoms with Crippen LogP contribution < -0.4 is 0 Å². The lowest BCUT2D eigenvalue weighted by molar-refractivity contribution is 0.663. The van der Waals surface area contributed by atoms with Crippen LogP contribution in [0.5, 0.6) is 0 Å². The van der Waals surface area contributed by atoms with Crippen molar-refractivity contribution in [2.45, 2.75) is 19.3 Å². The van der Waals surface area contributed by atoms with Crippen molar-refractivity contribution in [1.29, 1.82) is 0 Å². The Labute approximate surface area is 341 Å². The van der Waals surface area contributed by atoms with E-state index in [-0.39, 0.29) is 5.41 Å². The van der Waals surface area contributed by atoms with Crippen molar-refractivity contribution in [3.8, 4) is 56.7 Å². The zero-order chi connectivity index (χ0) is 39.2. The van der Waals surface area contributed by atoms with E-state index in [0.29, 0.717) is 17.6 Å². The van der Waals surface area contributed by atoms with E-state index in [4.69, 9.17) is 15.0 Å². The minimum Gasteiger partial charge on any atom is -0.309 e. The predicted octanol–water partition coefficient (Wildman–Crippen LogP) is 13.4. The quantitative estimate of drug-likeness (QED) is 0.176. The van der Waals surface area contributed by atoms with Crippen LogP contribution in [0.1, 0.15) is 25.0 Å². The first-order valence-electron chi connectivity index (χ1n) is 20.2. The van der Waals surface area contributed by atoms with Crippen LogP contribution in [0, 0.1) is 0 Å².